The largest absolute Gasteiger partial charge is 0.324 e. The Balaban J connectivity index is 2.57. The van der Waals surface area contributed by atoms with E-state index in [0.717, 1.165) is 24.2 Å². The van der Waals surface area contributed by atoms with E-state index in [4.69, 9.17) is 5.73 Å². The number of alkyl halides is 2. The first-order valence-electron chi connectivity index (χ1n) is 4.60. The first-order valence-corrected chi connectivity index (χ1v) is 5.59. The number of pyridine rings is 1. The first-order chi connectivity index (χ1) is 6.88. The Bertz CT molecular complexity index is 306. The van der Waals surface area contributed by atoms with E-state index in [1.165, 1.54) is 0 Å². The molecule has 0 aromatic carbocycles. The Morgan fingerprint density at radius 1 is 1.53 bits per heavy atom. The van der Waals surface area contributed by atoms with Crippen LogP contribution in [0.25, 0.3) is 0 Å². The Morgan fingerprint density at radius 2 is 2.20 bits per heavy atom. The summed E-state index contributed by atoms with van der Waals surface area (Å²) in [5.41, 5.74) is 6.55. The molecule has 2 N–H and O–H groups in total. The van der Waals surface area contributed by atoms with Gasteiger partial charge in [-0.25, -0.2) is 13.8 Å². The molecule has 0 amide bonds. The summed E-state index contributed by atoms with van der Waals surface area (Å²) in [6.07, 6.45) is 1.63. The van der Waals surface area contributed by atoms with Gasteiger partial charge in [0.15, 0.2) is 0 Å². The third-order valence-corrected chi connectivity index (χ3v) is 2.95. The van der Waals surface area contributed by atoms with E-state index in [1.807, 2.05) is 13.0 Å². The van der Waals surface area contributed by atoms with Gasteiger partial charge in [0.05, 0.1) is 10.8 Å². The van der Waals surface area contributed by atoms with Crippen LogP contribution in [-0.4, -0.2) is 16.7 Å². The number of halogens is 2. The highest BCUT2D eigenvalue weighted by molar-refractivity contribution is 7.99. The molecular weight excluding hydrogens is 218 g/mol. The maximum Gasteiger partial charge on any atom is 0.254 e. The molecule has 1 rings (SSSR count). The zero-order chi connectivity index (χ0) is 11.5. The van der Waals surface area contributed by atoms with Crippen molar-refractivity contribution in [3.63, 3.8) is 0 Å². The highest BCUT2D eigenvalue weighted by Crippen LogP contribution is 2.24. The molecule has 1 aromatic rings. The molecule has 0 spiro atoms. The van der Waals surface area contributed by atoms with Crippen LogP contribution in [-0.2, 0) is 0 Å². The fraction of sp³-hybridized carbons (Fsp3) is 0.500. The molecule has 1 heterocycles. The van der Waals surface area contributed by atoms with Crippen LogP contribution in [0.5, 0.6) is 0 Å². The monoisotopic (exact) mass is 232 g/mol. The highest BCUT2D eigenvalue weighted by atomic mass is 32.2. The van der Waals surface area contributed by atoms with Crippen molar-refractivity contribution in [3.05, 3.63) is 23.9 Å². The summed E-state index contributed by atoms with van der Waals surface area (Å²) in [6, 6.07) is 3.45. The van der Waals surface area contributed by atoms with Crippen LogP contribution in [0.1, 0.15) is 25.5 Å². The van der Waals surface area contributed by atoms with Crippen LogP contribution >= 0.6 is 11.8 Å². The third-order valence-electron chi connectivity index (χ3n) is 1.76. The lowest BCUT2D eigenvalue weighted by atomic mass is 10.2. The lowest BCUT2D eigenvalue weighted by molar-refractivity contribution is 0.0492. The van der Waals surface area contributed by atoms with Crippen molar-refractivity contribution in [2.45, 2.75) is 30.8 Å². The van der Waals surface area contributed by atoms with Crippen LogP contribution in [0, 0.1) is 0 Å². The van der Waals surface area contributed by atoms with Crippen LogP contribution in [0.4, 0.5) is 8.78 Å². The molecule has 1 aromatic heterocycles. The fourth-order valence-electron chi connectivity index (χ4n) is 0.947. The molecule has 0 fully saturated rings. The van der Waals surface area contributed by atoms with Crippen molar-refractivity contribution >= 4 is 11.8 Å². The Hall–Kier alpha value is -0.680. The highest BCUT2D eigenvalue weighted by Gasteiger charge is 2.21. The van der Waals surface area contributed by atoms with Gasteiger partial charge in [-0.1, -0.05) is 6.07 Å². The predicted octanol–water partition coefficient (Wildman–Crippen LogP) is 2.85. The van der Waals surface area contributed by atoms with E-state index in [1.54, 1.807) is 12.3 Å². The van der Waals surface area contributed by atoms with Gasteiger partial charge in [0.25, 0.3) is 5.92 Å². The van der Waals surface area contributed by atoms with Crippen molar-refractivity contribution < 1.29 is 8.78 Å². The van der Waals surface area contributed by atoms with Crippen molar-refractivity contribution in [1.29, 1.82) is 0 Å². The molecule has 0 aliphatic rings. The summed E-state index contributed by atoms with van der Waals surface area (Å²) in [5, 5.41) is 0.598. The summed E-state index contributed by atoms with van der Waals surface area (Å²) in [6.45, 7) is 2.75. The van der Waals surface area contributed by atoms with E-state index in [0.29, 0.717) is 5.03 Å². The van der Waals surface area contributed by atoms with Gasteiger partial charge in [-0.2, -0.15) is 0 Å². The number of hydrogen-bond acceptors (Lipinski definition) is 3. The van der Waals surface area contributed by atoms with Crippen molar-refractivity contribution in [2.24, 2.45) is 5.73 Å². The van der Waals surface area contributed by atoms with Crippen molar-refractivity contribution in [1.82, 2.24) is 4.98 Å². The number of nitrogens with two attached hydrogens (primary N) is 1. The van der Waals surface area contributed by atoms with Crippen LogP contribution < -0.4 is 5.73 Å². The lowest BCUT2D eigenvalue weighted by Gasteiger charge is -2.09. The van der Waals surface area contributed by atoms with E-state index >= 15 is 0 Å². The summed E-state index contributed by atoms with van der Waals surface area (Å²) in [5.74, 6) is -2.91. The molecule has 15 heavy (non-hydrogen) atoms. The van der Waals surface area contributed by atoms with Gasteiger partial charge < -0.3 is 5.73 Å². The normalized spacial score (nSPS) is 13.9. The Morgan fingerprint density at radius 3 is 2.60 bits per heavy atom. The molecule has 84 valence electrons. The third kappa shape index (κ3) is 4.57. The number of hydrogen-bond donors (Lipinski definition) is 1. The molecule has 0 saturated carbocycles. The average Bonchev–Trinajstić information content (AvgIpc) is 2.14. The molecule has 1 atom stereocenters. The van der Waals surface area contributed by atoms with Gasteiger partial charge in [0.2, 0.25) is 0 Å². The number of thioether (sulfide) groups is 1. The SMILES string of the molecule is CC(N)c1ccc(SCC(C)(F)F)nc1. The zero-order valence-corrected chi connectivity index (χ0v) is 9.52. The summed E-state index contributed by atoms with van der Waals surface area (Å²) in [4.78, 5) is 4.05. The van der Waals surface area contributed by atoms with Crippen LogP contribution in [0.2, 0.25) is 0 Å². The van der Waals surface area contributed by atoms with E-state index in [2.05, 4.69) is 4.98 Å². The van der Waals surface area contributed by atoms with Gasteiger partial charge >= 0.3 is 0 Å². The molecule has 0 radical (unpaired) electrons. The lowest BCUT2D eigenvalue weighted by Crippen LogP contribution is -2.13. The molecule has 5 heteroatoms. The number of nitrogens with zero attached hydrogens (tertiary/aromatic N) is 1. The van der Waals surface area contributed by atoms with Gasteiger partial charge in [-0.3, -0.25) is 0 Å². The Labute approximate surface area is 92.3 Å². The van der Waals surface area contributed by atoms with E-state index in [-0.39, 0.29) is 11.8 Å². The zero-order valence-electron chi connectivity index (χ0n) is 8.71. The minimum Gasteiger partial charge on any atom is -0.324 e. The molecule has 0 aliphatic carbocycles. The fourth-order valence-corrected chi connectivity index (χ4v) is 1.64. The van der Waals surface area contributed by atoms with Crippen LogP contribution in [0.15, 0.2) is 23.4 Å². The molecule has 1 unspecified atom stereocenters. The second-order valence-electron chi connectivity index (χ2n) is 3.58. The van der Waals surface area contributed by atoms with Crippen LogP contribution in [0.3, 0.4) is 0 Å². The first kappa shape index (κ1) is 12.4. The van der Waals surface area contributed by atoms with E-state index in [9.17, 15) is 8.78 Å². The summed E-state index contributed by atoms with van der Waals surface area (Å²) < 4.78 is 25.1. The minimum absolute atomic E-state index is 0.0795. The van der Waals surface area contributed by atoms with Crippen molar-refractivity contribution in [2.75, 3.05) is 5.75 Å². The number of rotatable bonds is 4. The molecule has 0 saturated heterocycles. The van der Waals surface area contributed by atoms with Gasteiger partial charge in [0.1, 0.15) is 0 Å². The maximum absolute atomic E-state index is 12.5. The second-order valence-corrected chi connectivity index (χ2v) is 4.57. The topological polar surface area (TPSA) is 38.9 Å². The minimum atomic E-state index is -2.66. The second kappa shape index (κ2) is 4.90. The van der Waals surface area contributed by atoms with Gasteiger partial charge in [-0.15, -0.1) is 11.8 Å². The standard InChI is InChI=1S/C10H14F2N2S/c1-7(13)8-3-4-9(14-5-8)15-6-10(2,11)12/h3-5,7H,6,13H2,1-2H3. The smallest absolute Gasteiger partial charge is 0.254 e. The Kier molecular flexibility index (Phi) is 4.04. The molecule has 2 nitrogen and oxygen atoms in total. The molecule has 0 aliphatic heterocycles. The maximum atomic E-state index is 12.5. The van der Waals surface area contributed by atoms with Gasteiger partial charge in [0, 0.05) is 19.2 Å². The number of aromatic nitrogens is 1. The van der Waals surface area contributed by atoms with E-state index < -0.39 is 5.92 Å². The summed E-state index contributed by atoms with van der Waals surface area (Å²) in [7, 11) is 0. The molecule has 0 bridgehead atoms. The predicted molar refractivity (Wildman–Crippen MR) is 58.2 cm³/mol. The van der Waals surface area contributed by atoms with Gasteiger partial charge in [-0.05, 0) is 18.6 Å². The summed E-state index contributed by atoms with van der Waals surface area (Å²) >= 11 is 1.05. The average molecular weight is 232 g/mol. The molecular formula is C10H14F2N2S. The quantitative estimate of drug-likeness (QED) is 0.811. The van der Waals surface area contributed by atoms with Crippen molar-refractivity contribution in [3.8, 4) is 0 Å².